The Hall–Kier alpha value is -3.02. The van der Waals surface area contributed by atoms with E-state index in [9.17, 15) is 9.59 Å². The average Bonchev–Trinajstić information content (AvgIpc) is 2.65. The minimum atomic E-state index is -0.446. The molecular weight excluding hydrogens is 332 g/mol. The van der Waals surface area contributed by atoms with Crippen LogP contribution in [0, 0.1) is 0 Å². The summed E-state index contributed by atoms with van der Waals surface area (Å²) in [5.74, 6) is -0.475. The molecule has 0 aliphatic carbocycles. The lowest BCUT2D eigenvalue weighted by Gasteiger charge is -2.12. The van der Waals surface area contributed by atoms with E-state index < -0.39 is 5.97 Å². The number of nitrogens with two attached hydrogens (primary N) is 1. The highest BCUT2D eigenvalue weighted by atomic mass is 16.5. The Balaban J connectivity index is 2.00. The van der Waals surface area contributed by atoms with Crippen LogP contribution in [0.15, 0.2) is 42.5 Å². The monoisotopic (exact) mass is 356 g/mol. The highest BCUT2D eigenvalue weighted by molar-refractivity contribution is 5.93. The van der Waals surface area contributed by atoms with Crippen LogP contribution < -0.4 is 15.8 Å². The third kappa shape index (κ3) is 5.24. The number of ether oxygens (including phenoxy) is 2. The highest BCUT2D eigenvalue weighted by Gasteiger charge is 2.12. The second kappa shape index (κ2) is 9.46. The lowest BCUT2D eigenvalue weighted by Crippen LogP contribution is -2.21. The van der Waals surface area contributed by atoms with Crippen molar-refractivity contribution >= 4 is 23.3 Å². The summed E-state index contributed by atoms with van der Waals surface area (Å²) >= 11 is 0. The van der Waals surface area contributed by atoms with Gasteiger partial charge in [-0.25, -0.2) is 4.79 Å². The molecule has 0 aliphatic heterocycles. The van der Waals surface area contributed by atoms with Gasteiger partial charge in [0.15, 0.2) is 6.61 Å². The highest BCUT2D eigenvalue weighted by Crippen LogP contribution is 2.23. The number of carbonyl (C=O) groups is 2. The molecule has 2 aromatic rings. The summed E-state index contributed by atoms with van der Waals surface area (Å²) in [6, 6.07) is 12.2. The molecule has 0 bridgehead atoms. The summed E-state index contributed by atoms with van der Waals surface area (Å²) < 4.78 is 10.6. The molecular formula is C20H24N2O4. The molecule has 0 heterocycles. The van der Waals surface area contributed by atoms with Gasteiger partial charge >= 0.3 is 5.97 Å². The topological polar surface area (TPSA) is 90.7 Å². The van der Waals surface area contributed by atoms with Crippen molar-refractivity contribution in [2.45, 2.75) is 26.7 Å². The molecule has 0 aliphatic rings. The predicted molar refractivity (Wildman–Crippen MR) is 101 cm³/mol. The molecule has 0 saturated heterocycles. The number of amides is 1. The summed E-state index contributed by atoms with van der Waals surface area (Å²) in [6.45, 7) is 4.07. The van der Waals surface area contributed by atoms with Gasteiger partial charge in [-0.2, -0.15) is 0 Å². The number of nitrogen functional groups attached to an aromatic ring is 1. The number of carbonyl (C=O) groups excluding carboxylic acids is 2. The maximum Gasteiger partial charge on any atom is 0.338 e. The van der Waals surface area contributed by atoms with Crippen molar-refractivity contribution in [1.82, 2.24) is 0 Å². The standard InChI is InChI=1S/C20H24N2O4/c1-3-11-25-20(24)15-9-10-16(21)18(12-15)26-13-19(23)22-17-8-6-5-7-14(17)4-2/h5-10,12H,3-4,11,13,21H2,1-2H3,(H,22,23). The van der Waals surface area contributed by atoms with Crippen molar-refractivity contribution in [2.24, 2.45) is 0 Å². The van der Waals surface area contributed by atoms with Gasteiger partial charge in [-0.05, 0) is 42.7 Å². The fourth-order valence-electron chi connectivity index (χ4n) is 2.34. The van der Waals surface area contributed by atoms with E-state index in [0.717, 1.165) is 24.1 Å². The molecule has 0 atom stereocenters. The van der Waals surface area contributed by atoms with Crippen LogP contribution in [0.2, 0.25) is 0 Å². The molecule has 26 heavy (non-hydrogen) atoms. The Kier molecular flexibility index (Phi) is 7.02. The fraction of sp³-hybridized carbons (Fsp3) is 0.300. The second-order valence-corrected chi connectivity index (χ2v) is 5.74. The first-order chi connectivity index (χ1) is 12.5. The van der Waals surface area contributed by atoms with Crippen LogP contribution in [0.3, 0.4) is 0 Å². The van der Waals surface area contributed by atoms with E-state index in [1.54, 1.807) is 12.1 Å². The zero-order valence-corrected chi connectivity index (χ0v) is 15.1. The summed E-state index contributed by atoms with van der Waals surface area (Å²) in [6.07, 6.45) is 1.55. The van der Waals surface area contributed by atoms with Gasteiger partial charge in [-0.15, -0.1) is 0 Å². The number of hydrogen-bond donors (Lipinski definition) is 2. The van der Waals surface area contributed by atoms with Gasteiger partial charge in [-0.3, -0.25) is 4.79 Å². The van der Waals surface area contributed by atoms with Gasteiger partial charge in [0.05, 0.1) is 17.9 Å². The Morgan fingerprint density at radius 3 is 2.62 bits per heavy atom. The zero-order valence-electron chi connectivity index (χ0n) is 15.1. The van der Waals surface area contributed by atoms with Gasteiger partial charge in [0.25, 0.3) is 5.91 Å². The van der Waals surface area contributed by atoms with Crippen LogP contribution in [-0.2, 0) is 16.0 Å². The average molecular weight is 356 g/mol. The molecule has 0 aromatic heterocycles. The SMILES string of the molecule is CCCOC(=O)c1ccc(N)c(OCC(=O)Nc2ccccc2CC)c1. The van der Waals surface area contributed by atoms with Gasteiger partial charge in [-0.1, -0.05) is 32.0 Å². The van der Waals surface area contributed by atoms with Crippen molar-refractivity contribution in [3.63, 3.8) is 0 Å². The van der Waals surface area contributed by atoms with Gasteiger partial charge in [0, 0.05) is 5.69 Å². The number of aryl methyl sites for hydroxylation is 1. The quantitative estimate of drug-likeness (QED) is 0.559. The van der Waals surface area contributed by atoms with E-state index in [0.29, 0.717) is 17.9 Å². The maximum absolute atomic E-state index is 12.2. The third-order valence-corrected chi connectivity index (χ3v) is 3.72. The number of hydrogen-bond acceptors (Lipinski definition) is 5. The van der Waals surface area contributed by atoms with Crippen LogP contribution in [0.4, 0.5) is 11.4 Å². The summed E-state index contributed by atoms with van der Waals surface area (Å²) in [5, 5.41) is 2.82. The summed E-state index contributed by atoms with van der Waals surface area (Å²) in [7, 11) is 0. The molecule has 6 nitrogen and oxygen atoms in total. The molecule has 6 heteroatoms. The molecule has 138 valence electrons. The molecule has 0 unspecified atom stereocenters. The van der Waals surface area contributed by atoms with Crippen molar-refractivity contribution in [3.8, 4) is 5.75 Å². The Labute approximate surface area is 153 Å². The maximum atomic E-state index is 12.2. The first-order valence-electron chi connectivity index (χ1n) is 8.62. The molecule has 1 amide bonds. The molecule has 3 N–H and O–H groups in total. The summed E-state index contributed by atoms with van der Waals surface area (Å²) in [5.41, 5.74) is 8.34. The van der Waals surface area contributed by atoms with E-state index in [1.807, 2.05) is 38.1 Å². The van der Waals surface area contributed by atoms with E-state index in [4.69, 9.17) is 15.2 Å². The molecule has 0 radical (unpaired) electrons. The minimum Gasteiger partial charge on any atom is -0.482 e. The number of benzene rings is 2. The van der Waals surface area contributed by atoms with Crippen LogP contribution in [0.1, 0.15) is 36.2 Å². The first kappa shape index (κ1) is 19.3. The Morgan fingerprint density at radius 1 is 1.12 bits per heavy atom. The summed E-state index contributed by atoms with van der Waals surface area (Å²) in [4.78, 5) is 24.1. The number of rotatable bonds is 8. The number of esters is 1. The molecule has 0 spiro atoms. The van der Waals surface area contributed by atoms with Crippen molar-refractivity contribution in [2.75, 3.05) is 24.3 Å². The van der Waals surface area contributed by atoms with Crippen LogP contribution in [0.5, 0.6) is 5.75 Å². The molecule has 0 fully saturated rings. The van der Waals surface area contributed by atoms with Crippen LogP contribution in [0.25, 0.3) is 0 Å². The number of anilines is 2. The fourth-order valence-corrected chi connectivity index (χ4v) is 2.34. The lowest BCUT2D eigenvalue weighted by atomic mass is 10.1. The van der Waals surface area contributed by atoms with Gasteiger partial charge in [0.2, 0.25) is 0 Å². The van der Waals surface area contributed by atoms with Crippen molar-refractivity contribution in [1.29, 1.82) is 0 Å². The number of nitrogens with one attached hydrogen (secondary N) is 1. The lowest BCUT2D eigenvalue weighted by molar-refractivity contribution is -0.118. The van der Waals surface area contributed by atoms with Crippen molar-refractivity contribution < 1.29 is 19.1 Å². The van der Waals surface area contributed by atoms with Gasteiger partial charge < -0.3 is 20.5 Å². The Morgan fingerprint density at radius 2 is 1.88 bits per heavy atom. The van der Waals surface area contributed by atoms with Crippen molar-refractivity contribution in [3.05, 3.63) is 53.6 Å². The van der Waals surface area contributed by atoms with Gasteiger partial charge in [0.1, 0.15) is 5.75 Å². The number of para-hydroxylation sites is 1. The predicted octanol–water partition coefficient (Wildman–Crippen LogP) is 3.42. The smallest absolute Gasteiger partial charge is 0.338 e. The molecule has 2 aromatic carbocycles. The van der Waals surface area contributed by atoms with E-state index in [2.05, 4.69) is 5.32 Å². The second-order valence-electron chi connectivity index (χ2n) is 5.74. The van der Waals surface area contributed by atoms with E-state index in [-0.39, 0.29) is 18.3 Å². The minimum absolute atomic E-state index is 0.213. The zero-order chi connectivity index (χ0) is 18.9. The Bertz CT molecular complexity index is 774. The van der Waals surface area contributed by atoms with Crippen LogP contribution in [-0.4, -0.2) is 25.1 Å². The largest absolute Gasteiger partial charge is 0.482 e. The first-order valence-corrected chi connectivity index (χ1v) is 8.62. The van der Waals surface area contributed by atoms with E-state index in [1.165, 1.54) is 6.07 Å². The molecule has 2 rings (SSSR count). The van der Waals surface area contributed by atoms with E-state index >= 15 is 0 Å². The third-order valence-electron chi connectivity index (χ3n) is 3.72. The normalized spacial score (nSPS) is 10.2. The molecule has 0 saturated carbocycles. The van der Waals surface area contributed by atoms with Crippen LogP contribution >= 0.6 is 0 Å².